The average Bonchev–Trinajstić information content (AvgIpc) is 2.50. The monoisotopic (exact) mass is 289 g/mol. The third kappa shape index (κ3) is 5.38. The summed E-state index contributed by atoms with van der Waals surface area (Å²) in [6.45, 7) is 5.70. The van der Waals surface area contributed by atoms with E-state index < -0.39 is 0 Å². The number of carbonyl (C=O) groups is 1. The van der Waals surface area contributed by atoms with E-state index in [0.29, 0.717) is 12.1 Å². The molecule has 1 unspecified atom stereocenters. The van der Waals surface area contributed by atoms with E-state index in [4.69, 9.17) is 5.73 Å². The summed E-state index contributed by atoms with van der Waals surface area (Å²) in [4.78, 5) is 14.4. The fourth-order valence-electron chi connectivity index (χ4n) is 2.94. The number of nitrogen functional groups attached to an aromatic ring is 1. The van der Waals surface area contributed by atoms with Crippen molar-refractivity contribution in [2.75, 3.05) is 30.7 Å². The molecule has 0 aliphatic carbocycles. The van der Waals surface area contributed by atoms with E-state index in [9.17, 15) is 4.79 Å². The molecule has 2 rings (SSSR count). The number of carbonyl (C=O) groups excluding carboxylic acids is 1. The maximum atomic E-state index is 11.9. The van der Waals surface area contributed by atoms with E-state index in [1.165, 1.54) is 32.4 Å². The number of nitrogens with zero attached hydrogens (tertiary/aromatic N) is 1. The Hall–Kier alpha value is -1.55. The number of amides is 1. The molecule has 1 fully saturated rings. The first kappa shape index (κ1) is 15.8. The summed E-state index contributed by atoms with van der Waals surface area (Å²) >= 11 is 0. The van der Waals surface area contributed by atoms with Crippen LogP contribution in [0.4, 0.5) is 11.4 Å². The molecule has 1 aliphatic heterocycles. The molecule has 1 amide bonds. The van der Waals surface area contributed by atoms with Gasteiger partial charge in [0.2, 0.25) is 5.91 Å². The third-order valence-electron chi connectivity index (χ3n) is 4.25. The highest BCUT2D eigenvalue weighted by molar-refractivity contribution is 5.90. The Morgan fingerprint density at radius 2 is 2.14 bits per heavy atom. The average molecular weight is 289 g/mol. The standard InChI is InChI=1S/C17H27N3O/c1-2-14-5-3-11-20(13-14)12-4-6-17(21)19-16-9-7-15(18)8-10-16/h7-10,14H,2-6,11-13,18H2,1H3,(H,19,21). The van der Waals surface area contributed by atoms with Crippen LogP contribution in [-0.2, 0) is 4.79 Å². The second-order valence-electron chi connectivity index (χ2n) is 5.99. The normalized spacial score (nSPS) is 19.4. The Balaban J connectivity index is 1.66. The first-order valence-electron chi connectivity index (χ1n) is 8.05. The summed E-state index contributed by atoms with van der Waals surface area (Å²) in [6, 6.07) is 7.27. The molecular weight excluding hydrogens is 262 g/mol. The highest BCUT2D eigenvalue weighted by Crippen LogP contribution is 2.19. The van der Waals surface area contributed by atoms with Gasteiger partial charge in [-0.1, -0.05) is 13.3 Å². The first-order valence-corrected chi connectivity index (χ1v) is 8.05. The molecule has 21 heavy (non-hydrogen) atoms. The zero-order chi connectivity index (χ0) is 15.1. The lowest BCUT2D eigenvalue weighted by molar-refractivity contribution is -0.116. The number of hydrogen-bond acceptors (Lipinski definition) is 3. The third-order valence-corrected chi connectivity index (χ3v) is 4.25. The van der Waals surface area contributed by atoms with Crippen LogP contribution < -0.4 is 11.1 Å². The summed E-state index contributed by atoms with van der Waals surface area (Å²) in [5.41, 5.74) is 7.15. The second-order valence-corrected chi connectivity index (χ2v) is 5.99. The number of nitrogens with two attached hydrogens (primary N) is 1. The lowest BCUT2D eigenvalue weighted by atomic mass is 9.95. The van der Waals surface area contributed by atoms with Gasteiger partial charge in [0, 0.05) is 24.3 Å². The van der Waals surface area contributed by atoms with Crippen LogP contribution in [0.1, 0.15) is 39.0 Å². The molecule has 1 heterocycles. The molecule has 1 aliphatic rings. The predicted molar refractivity (Wildman–Crippen MR) is 88.2 cm³/mol. The van der Waals surface area contributed by atoms with Crippen molar-refractivity contribution in [3.8, 4) is 0 Å². The van der Waals surface area contributed by atoms with Crippen LogP contribution in [0.5, 0.6) is 0 Å². The summed E-state index contributed by atoms with van der Waals surface area (Å²) in [6.07, 6.45) is 5.45. The summed E-state index contributed by atoms with van der Waals surface area (Å²) in [5, 5.41) is 2.91. The SMILES string of the molecule is CCC1CCCN(CCCC(=O)Nc2ccc(N)cc2)C1. The lowest BCUT2D eigenvalue weighted by Gasteiger charge is -2.32. The van der Waals surface area contributed by atoms with E-state index >= 15 is 0 Å². The Labute approximate surface area is 127 Å². The van der Waals surface area contributed by atoms with Crippen molar-refractivity contribution in [1.29, 1.82) is 0 Å². The van der Waals surface area contributed by atoms with Gasteiger partial charge in [-0.3, -0.25) is 4.79 Å². The molecule has 1 atom stereocenters. The zero-order valence-electron chi connectivity index (χ0n) is 13.0. The molecule has 1 saturated heterocycles. The van der Waals surface area contributed by atoms with Crippen molar-refractivity contribution in [3.63, 3.8) is 0 Å². The second kappa shape index (κ2) is 8.03. The maximum Gasteiger partial charge on any atom is 0.224 e. The molecule has 4 heteroatoms. The quantitative estimate of drug-likeness (QED) is 0.791. The topological polar surface area (TPSA) is 58.4 Å². The fourth-order valence-corrected chi connectivity index (χ4v) is 2.94. The molecule has 0 saturated carbocycles. The maximum absolute atomic E-state index is 11.9. The molecule has 1 aromatic rings. The Kier molecular flexibility index (Phi) is 6.05. The summed E-state index contributed by atoms with van der Waals surface area (Å²) in [5.74, 6) is 0.936. The van der Waals surface area contributed by atoms with Gasteiger partial charge in [0.25, 0.3) is 0 Å². The lowest BCUT2D eigenvalue weighted by Crippen LogP contribution is -2.36. The van der Waals surface area contributed by atoms with Crippen LogP contribution >= 0.6 is 0 Å². The molecule has 3 N–H and O–H groups in total. The Bertz CT molecular complexity index is 444. The van der Waals surface area contributed by atoms with Gasteiger partial charge in [-0.15, -0.1) is 0 Å². The molecular formula is C17H27N3O. The van der Waals surface area contributed by atoms with E-state index in [-0.39, 0.29) is 5.91 Å². The van der Waals surface area contributed by atoms with Gasteiger partial charge in [-0.05, 0) is 62.5 Å². The van der Waals surface area contributed by atoms with Gasteiger partial charge in [0.05, 0.1) is 0 Å². The van der Waals surface area contributed by atoms with Gasteiger partial charge >= 0.3 is 0 Å². The van der Waals surface area contributed by atoms with Gasteiger partial charge < -0.3 is 16.0 Å². The van der Waals surface area contributed by atoms with E-state index in [2.05, 4.69) is 17.1 Å². The van der Waals surface area contributed by atoms with Crippen LogP contribution in [0.15, 0.2) is 24.3 Å². The predicted octanol–water partition coefficient (Wildman–Crippen LogP) is 3.11. The van der Waals surface area contributed by atoms with Crippen LogP contribution in [0.3, 0.4) is 0 Å². The minimum absolute atomic E-state index is 0.0869. The van der Waals surface area contributed by atoms with Crippen LogP contribution in [-0.4, -0.2) is 30.4 Å². The molecule has 116 valence electrons. The molecule has 0 aromatic heterocycles. The number of anilines is 2. The van der Waals surface area contributed by atoms with Gasteiger partial charge in [-0.2, -0.15) is 0 Å². The van der Waals surface area contributed by atoms with Gasteiger partial charge in [-0.25, -0.2) is 0 Å². The highest BCUT2D eigenvalue weighted by Gasteiger charge is 2.17. The number of nitrogens with one attached hydrogen (secondary N) is 1. The van der Waals surface area contributed by atoms with Crippen molar-refractivity contribution in [2.24, 2.45) is 5.92 Å². The smallest absolute Gasteiger partial charge is 0.224 e. The Morgan fingerprint density at radius 3 is 2.86 bits per heavy atom. The van der Waals surface area contributed by atoms with Crippen molar-refractivity contribution >= 4 is 17.3 Å². The number of rotatable bonds is 6. The number of likely N-dealkylation sites (tertiary alicyclic amines) is 1. The first-order chi connectivity index (χ1) is 10.2. The molecule has 4 nitrogen and oxygen atoms in total. The summed E-state index contributed by atoms with van der Waals surface area (Å²) in [7, 11) is 0. The van der Waals surface area contributed by atoms with Crippen molar-refractivity contribution in [1.82, 2.24) is 4.90 Å². The zero-order valence-corrected chi connectivity index (χ0v) is 13.0. The highest BCUT2D eigenvalue weighted by atomic mass is 16.1. The van der Waals surface area contributed by atoms with Crippen LogP contribution in [0, 0.1) is 5.92 Å². The minimum atomic E-state index is 0.0869. The minimum Gasteiger partial charge on any atom is -0.399 e. The fraction of sp³-hybridized carbons (Fsp3) is 0.588. The summed E-state index contributed by atoms with van der Waals surface area (Å²) < 4.78 is 0. The number of benzene rings is 1. The van der Waals surface area contributed by atoms with Crippen molar-refractivity contribution in [2.45, 2.75) is 39.0 Å². The molecule has 0 bridgehead atoms. The van der Waals surface area contributed by atoms with Gasteiger partial charge in [0.15, 0.2) is 0 Å². The Morgan fingerprint density at radius 1 is 1.38 bits per heavy atom. The van der Waals surface area contributed by atoms with E-state index in [0.717, 1.165) is 24.6 Å². The number of hydrogen-bond donors (Lipinski definition) is 2. The molecule has 1 aromatic carbocycles. The van der Waals surface area contributed by atoms with Crippen LogP contribution in [0.25, 0.3) is 0 Å². The van der Waals surface area contributed by atoms with Gasteiger partial charge in [0.1, 0.15) is 0 Å². The van der Waals surface area contributed by atoms with E-state index in [1.807, 2.05) is 12.1 Å². The molecule has 0 spiro atoms. The van der Waals surface area contributed by atoms with E-state index in [1.54, 1.807) is 12.1 Å². The number of piperidine rings is 1. The van der Waals surface area contributed by atoms with Crippen molar-refractivity contribution < 1.29 is 4.79 Å². The van der Waals surface area contributed by atoms with Crippen molar-refractivity contribution in [3.05, 3.63) is 24.3 Å². The largest absolute Gasteiger partial charge is 0.399 e. The van der Waals surface area contributed by atoms with Crippen LogP contribution in [0.2, 0.25) is 0 Å². The molecule has 0 radical (unpaired) electrons.